The number of thiophene rings is 1. The second-order valence-electron chi connectivity index (χ2n) is 6.02. The van der Waals surface area contributed by atoms with E-state index < -0.39 is 5.97 Å². The summed E-state index contributed by atoms with van der Waals surface area (Å²) >= 11 is 4.78. The number of carbonyl (C=O) groups is 2. The highest BCUT2D eigenvalue weighted by Crippen LogP contribution is 2.34. The number of esters is 1. The van der Waals surface area contributed by atoms with Gasteiger partial charge in [-0.3, -0.25) is 4.79 Å². The van der Waals surface area contributed by atoms with Gasteiger partial charge in [-0.1, -0.05) is 35.0 Å². The Labute approximate surface area is 166 Å². The van der Waals surface area contributed by atoms with Crippen LogP contribution in [0.3, 0.4) is 0 Å². The molecule has 0 radical (unpaired) electrons. The summed E-state index contributed by atoms with van der Waals surface area (Å²) in [6.07, 6.45) is 3.68. The minimum Gasteiger partial charge on any atom is -0.459 e. The van der Waals surface area contributed by atoms with E-state index in [0.717, 1.165) is 20.5 Å². The van der Waals surface area contributed by atoms with E-state index in [2.05, 4.69) is 21.2 Å². The Balaban J connectivity index is 2.21. The van der Waals surface area contributed by atoms with Gasteiger partial charge in [-0.25, -0.2) is 4.79 Å². The van der Waals surface area contributed by atoms with E-state index in [9.17, 15) is 9.59 Å². The normalized spacial score (nSPS) is 11.2. The zero-order chi connectivity index (χ0) is 19.3. The van der Waals surface area contributed by atoms with E-state index >= 15 is 0 Å². The fourth-order valence-electron chi connectivity index (χ4n) is 2.48. The van der Waals surface area contributed by atoms with Crippen molar-refractivity contribution >= 4 is 50.2 Å². The second kappa shape index (κ2) is 9.14. The summed E-state index contributed by atoms with van der Waals surface area (Å²) in [6.45, 7) is 7.55. The number of rotatable bonds is 6. The molecule has 1 aromatic carbocycles. The lowest BCUT2D eigenvalue weighted by Gasteiger charge is -2.10. The van der Waals surface area contributed by atoms with Gasteiger partial charge in [0.05, 0.1) is 11.7 Å². The van der Waals surface area contributed by atoms with E-state index in [1.807, 2.05) is 52.0 Å². The van der Waals surface area contributed by atoms with Gasteiger partial charge >= 0.3 is 5.97 Å². The summed E-state index contributed by atoms with van der Waals surface area (Å²) in [5.74, 6) is -0.677. The molecule has 0 aliphatic rings. The van der Waals surface area contributed by atoms with Crippen LogP contribution >= 0.6 is 27.3 Å². The average Bonchev–Trinajstić information content (AvgIpc) is 2.88. The third kappa shape index (κ3) is 5.29. The van der Waals surface area contributed by atoms with Crippen molar-refractivity contribution in [1.82, 2.24) is 0 Å². The van der Waals surface area contributed by atoms with Gasteiger partial charge in [0.2, 0.25) is 5.91 Å². The molecule has 1 heterocycles. The third-order valence-electron chi connectivity index (χ3n) is 3.64. The molecule has 6 heteroatoms. The standard InChI is InChI=1S/C20H22BrNO3S/c1-5-16-13(4)26-19(18(16)20(24)25-12(2)3)22-17(23)11-8-14-6-9-15(21)10-7-14/h6-12H,5H2,1-4H3,(H,22,23). The molecule has 2 rings (SSSR count). The molecule has 0 saturated heterocycles. The molecule has 1 aromatic heterocycles. The van der Waals surface area contributed by atoms with Crippen molar-refractivity contribution in [3.8, 4) is 0 Å². The Kier molecular flexibility index (Phi) is 7.17. The molecule has 0 bridgehead atoms. The first kappa shape index (κ1) is 20.4. The van der Waals surface area contributed by atoms with Gasteiger partial charge in [0.1, 0.15) is 5.00 Å². The van der Waals surface area contributed by atoms with Gasteiger partial charge in [-0.2, -0.15) is 0 Å². The summed E-state index contributed by atoms with van der Waals surface area (Å²) in [7, 11) is 0. The van der Waals surface area contributed by atoms with Gasteiger partial charge in [-0.15, -0.1) is 11.3 Å². The third-order valence-corrected chi connectivity index (χ3v) is 5.23. The molecule has 0 fully saturated rings. The first-order chi connectivity index (χ1) is 12.3. The van der Waals surface area contributed by atoms with E-state index in [1.165, 1.54) is 17.4 Å². The molecular formula is C20H22BrNO3S. The molecular weight excluding hydrogens is 414 g/mol. The maximum Gasteiger partial charge on any atom is 0.341 e. The number of aryl methyl sites for hydroxylation is 1. The maximum absolute atomic E-state index is 12.5. The van der Waals surface area contributed by atoms with E-state index in [4.69, 9.17) is 4.74 Å². The summed E-state index contributed by atoms with van der Waals surface area (Å²) in [5.41, 5.74) is 2.31. The quantitative estimate of drug-likeness (QED) is 0.474. The summed E-state index contributed by atoms with van der Waals surface area (Å²) in [6, 6.07) is 7.63. The molecule has 2 aromatic rings. The fourth-order valence-corrected chi connectivity index (χ4v) is 3.88. The van der Waals surface area contributed by atoms with Crippen molar-refractivity contribution in [1.29, 1.82) is 0 Å². The zero-order valence-corrected chi connectivity index (χ0v) is 17.7. The molecule has 0 aliphatic heterocycles. The largest absolute Gasteiger partial charge is 0.459 e. The van der Waals surface area contributed by atoms with Crippen LogP contribution in [0, 0.1) is 6.92 Å². The monoisotopic (exact) mass is 435 g/mol. The number of carbonyl (C=O) groups excluding carboxylic acids is 2. The number of ether oxygens (including phenoxy) is 1. The summed E-state index contributed by atoms with van der Waals surface area (Å²) in [5, 5.41) is 3.36. The highest BCUT2D eigenvalue weighted by molar-refractivity contribution is 9.10. The molecule has 0 spiro atoms. The predicted molar refractivity (Wildman–Crippen MR) is 111 cm³/mol. The Bertz CT molecular complexity index is 822. The molecule has 4 nitrogen and oxygen atoms in total. The number of hydrogen-bond acceptors (Lipinski definition) is 4. The first-order valence-electron chi connectivity index (χ1n) is 8.39. The van der Waals surface area contributed by atoms with Crippen molar-refractivity contribution in [2.75, 3.05) is 5.32 Å². The van der Waals surface area contributed by atoms with Crippen LogP contribution in [-0.4, -0.2) is 18.0 Å². The van der Waals surface area contributed by atoms with Crippen molar-refractivity contribution < 1.29 is 14.3 Å². The number of amides is 1. The fraction of sp³-hybridized carbons (Fsp3) is 0.300. The lowest BCUT2D eigenvalue weighted by atomic mass is 10.1. The highest BCUT2D eigenvalue weighted by Gasteiger charge is 2.23. The summed E-state index contributed by atoms with van der Waals surface area (Å²) < 4.78 is 6.33. The zero-order valence-electron chi connectivity index (χ0n) is 15.3. The van der Waals surface area contributed by atoms with Gasteiger partial charge in [0.15, 0.2) is 0 Å². The molecule has 1 N–H and O–H groups in total. The van der Waals surface area contributed by atoms with Crippen molar-refractivity contribution in [3.05, 3.63) is 56.4 Å². The molecule has 0 unspecified atom stereocenters. The van der Waals surface area contributed by atoms with Gasteiger partial charge in [0, 0.05) is 15.4 Å². The van der Waals surface area contributed by atoms with Gasteiger partial charge in [0.25, 0.3) is 0 Å². The minimum atomic E-state index is -0.395. The maximum atomic E-state index is 12.5. The van der Waals surface area contributed by atoms with E-state index in [1.54, 1.807) is 6.08 Å². The van der Waals surface area contributed by atoms with Crippen LogP contribution in [0.2, 0.25) is 0 Å². The van der Waals surface area contributed by atoms with Crippen LogP contribution in [0.4, 0.5) is 5.00 Å². The summed E-state index contributed by atoms with van der Waals surface area (Å²) in [4.78, 5) is 25.8. The van der Waals surface area contributed by atoms with Crippen LogP contribution in [-0.2, 0) is 16.0 Å². The Morgan fingerprint density at radius 1 is 1.27 bits per heavy atom. The molecule has 138 valence electrons. The van der Waals surface area contributed by atoms with Crippen LogP contribution in [0.25, 0.3) is 6.08 Å². The highest BCUT2D eigenvalue weighted by atomic mass is 79.9. The molecule has 1 amide bonds. The first-order valence-corrected chi connectivity index (χ1v) is 10.0. The van der Waals surface area contributed by atoms with Crippen LogP contribution in [0.5, 0.6) is 0 Å². The van der Waals surface area contributed by atoms with Crippen molar-refractivity contribution in [2.45, 2.75) is 40.2 Å². The average molecular weight is 436 g/mol. The van der Waals surface area contributed by atoms with Crippen LogP contribution in [0.1, 0.15) is 47.1 Å². The number of nitrogens with one attached hydrogen (secondary N) is 1. The molecule has 0 atom stereocenters. The van der Waals surface area contributed by atoms with Gasteiger partial charge < -0.3 is 10.1 Å². The van der Waals surface area contributed by atoms with E-state index in [-0.39, 0.29) is 12.0 Å². The topological polar surface area (TPSA) is 55.4 Å². The number of halogens is 1. The SMILES string of the molecule is CCc1c(C)sc(NC(=O)C=Cc2ccc(Br)cc2)c1C(=O)OC(C)C. The number of anilines is 1. The molecule has 26 heavy (non-hydrogen) atoms. The van der Waals surface area contributed by atoms with Crippen molar-refractivity contribution in [3.63, 3.8) is 0 Å². The lowest BCUT2D eigenvalue weighted by molar-refractivity contribution is -0.111. The number of hydrogen-bond donors (Lipinski definition) is 1. The van der Waals surface area contributed by atoms with E-state index in [0.29, 0.717) is 17.0 Å². The molecule has 0 aliphatic carbocycles. The van der Waals surface area contributed by atoms with Crippen LogP contribution < -0.4 is 5.32 Å². The molecule has 0 saturated carbocycles. The minimum absolute atomic E-state index is 0.215. The lowest BCUT2D eigenvalue weighted by Crippen LogP contribution is -2.16. The Morgan fingerprint density at radius 2 is 1.92 bits per heavy atom. The van der Waals surface area contributed by atoms with Gasteiger partial charge in [-0.05, 0) is 56.5 Å². The predicted octanol–water partition coefficient (Wildman–Crippen LogP) is 5.60. The Morgan fingerprint density at radius 3 is 2.50 bits per heavy atom. The van der Waals surface area contributed by atoms with Crippen LogP contribution in [0.15, 0.2) is 34.8 Å². The smallest absolute Gasteiger partial charge is 0.341 e. The number of benzene rings is 1. The Hall–Kier alpha value is -1.92. The second-order valence-corrected chi connectivity index (χ2v) is 8.16. The van der Waals surface area contributed by atoms with Crippen molar-refractivity contribution in [2.24, 2.45) is 0 Å².